The van der Waals surface area contributed by atoms with Crippen molar-refractivity contribution in [3.8, 4) is 0 Å². The van der Waals surface area contributed by atoms with Gasteiger partial charge in [0.25, 0.3) is 0 Å². The number of anilines is 1. The molecule has 118 valence electrons. The molecule has 3 rings (SSSR count). The van der Waals surface area contributed by atoms with Crippen LogP contribution in [0.15, 0.2) is 30.3 Å². The smallest absolute Gasteiger partial charge is 0.230 e. The summed E-state index contributed by atoms with van der Waals surface area (Å²) < 4.78 is 13.9. The third-order valence-corrected chi connectivity index (χ3v) is 4.71. The number of aryl methyl sites for hydroxylation is 3. The molecule has 3 nitrogen and oxygen atoms in total. The lowest BCUT2D eigenvalue weighted by Gasteiger charge is -2.10. The minimum absolute atomic E-state index is 0.111. The van der Waals surface area contributed by atoms with Gasteiger partial charge in [-0.2, -0.15) is 0 Å². The van der Waals surface area contributed by atoms with Crippen molar-refractivity contribution in [3.63, 3.8) is 0 Å². The van der Waals surface area contributed by atoms with E-state index in [1.54, 1.807) is 6.07 Å². The average Bonchev–Trinajstić information content (AvgIpc) is 2.84. The van der Waals surface area contributed by atoms with Crippen molar-refractivity contribution >= 4 is 32.6 Å². The Morgan fingerprint density at radius 1 is 1.17 bits per heavy atom. The summed E-state index contributed by atoms with van der Waals surface area (Å²) >= 11 is 1.28. The molecule has 0 aliphatic heterocycles. The van der Waals surface area contributed by atoms with Crippen molar-refractivity contribution in [3.05, 3.63) is 58.4 Å². The van der Waals surface area contributed by atoms with Crippen LogP contribution in [0.4, 0.5) is 9.52 Å². The molecular formula is C18H17FN2OS. The minimum Gasteiger partial charge on any atom is -0.302 e. The molecule has 0 fully saturated rings. The molecule has 0 radical (unpaired) electrons. The molecule has 0 aliphatic rings. The Morgan fingerprint density at radius 2 is 1.87 bits per heavy atom. The van der Waals surface area contributed by atoms with E-state index >= 15 is 0 Å². The highest BCUT2D eigenvalue weighted by atomic mass is 32.1. The maximum absolute atomic E-state index is 13.2. The second-order valence-corrected chi connectivity index (χ2v) is 6.76. The summed E-state index contributed by atoms with van der Waals surface area (Å²) in [5.41, 5.74) is 5.15. The van der Waals surface area contributed by atoms with E-state index in [9.17, 15) is 9.18 Å². The van der Waals surface area contributed by atoms with Crippen molar-refractivity contribution in [1.29, 1.82) is 0 Å². The number of hydrogen-bond donors (Lipinski definition) is 1. The van der Waals surface area contributed by atoms with Gasteiger partial charge in [-0.25, -0.2) is 9.37 Å². The monoisotopic (exact) mass is 328 g/mol. The minimum atomic E-state index is -0.301. The summed E-state index contributed by atoms with van der Waals surface area (Å²) in [7, 11) is 0. The molecule has 1 heterocycles. The molecule has 1 N–H and O–H groups in total. The van der Waals surface area contributed by atoms with E-state index in [4.69, 9.17) is 0 Å². The van der Waals surface area contributed by atoms with Crippen LogP contribution in [-0.2, 0) is 11.2 Å². The summed E-state index contributed by atoms with van der Waals surface area (Å²) in [5.74, 6) is -0.412. The lowest BCUT2D eigenvalue weighted by Crippen LogP contribution is -2.15. The number of amides is 1. The first-order valence-corrected chi connectivity index (χ1v) is 8.16. The molecule has 0 atom stereocenters. The first-order chi connectivity index (χ1) is 10.9. The molecular weight excluding hydrogens is 311 g/mol. The molecule has 0 saturated heterocycles. The molecule has 0 bridgehead atoms. The SMILES string of the molecule is Cc1cc(C)c(CC(=O)Nc2nc3ccc(F)cc3s2)c(C)c1. The molecule has 0 unspecified atom stereocenters. The van der Waals surface area contributed by atoms with Gasteiger partial charge >= 0.3 is 0 Å². The number of carbonyl (C=O) groups is 1. The molecule has 0 saturated carbocycles. The Labute approximate surface area is 138 Å². The lowest BCUT2D eigenvalue weighted by atomic mass is 9.97. The number of benzene rings is 2. The molecule has 3 aromatic rings. The molecule has 2 aromatic carbocycles. The molecule has 0 spiro atoms. The molecule has 0 aliphatic carbocycles. The largest absolute Gasteiger partial charge is 0.302 e. The summed E-state index contributed by atoms with van der Waals surface area (Å²) in [6.07, 6.45) is 0.308. The standard InChI is InChI=1S/C18H17FN2OS/c1-10-6-11(2)14(12(3)7-10)9-17(22)21-18-20-15-5-4-13(19)8-16(15)23-18/h4-8H,9H2,1-3H3,(H,20,21,22). The van der Waals surface area contributed by atoms with E-state index in [1.165, 1.54) is 29.0 Å². The number of fused-ring (bicyclic) bond motifs is 1. The van der Waals surface area contributed by atoms with Gasteiger partial charge in [0.2, 0.25) is 5.91 Å². The zero-order valence-electron chi connectivity index (χ0n) is 13.2. The quantitative estimate of drug-likeness (QED) is 0.767. The van der Waals surface area contributed by atoms with Crippen LogP contribution in [0, 0.1) is 26.6 Å². The summed E-state index contributed by atoms with van der Waals surface area (Å²) in [4.78, 5) is 16.6. The fourth-order valence-electron chi connectivity index (χ4n) is 2.76. The van der Waals surface area contributed by atoms with Crippen LogP contribution in [0.5, 0.6) is 0 Å². The van der Waals surface area contributed by atoms with Gasteiger partial charge in [-0.15, -0.1) is 0 Å². The van der Waals surface area contributed by atoms with Crippen LogP contribution in [-0.4, -0.2) is 10.9 Å². The van der Waals surface area contributed by atoms with Crippen molar-refractivity contribution in [2.45, 2.75) is 27.2 Å². The summed E-state index contributed by atoms with van der Waals surface area (Å²) in [6.45, 7) is 6.08. The van der Waals surface area contributed by atoms with Crippen molar-refractivity contribution in [2.75, 3.05) is 5.32 Å². The maximum atomic E-state index is 13.2. The highest BCUT2D eigenvalue weighted by Crippen LogP contribution is 2.26. The second kappa shape index (κ2) is 6.08. The maximum Gasteiger partial charge on any atom is 0.230 e. The second-order valence-electron chi connectivity index (χ2n) is 5.73. The number of carbonyl (C=O) groups excluding carboxylic acids is 1. The van der Waals surface area contributed by atoms with Gasteiger partial charge < -0.3 is 5.32 Å². The van der Waals surface area contributed by atoms with E-state index in [0.29, 0.717) is 17.1 Å². The summed E-state index contributed by atoms with van der Waals surface area (Å²) in [5, 5.41) is 3.31. The number of thiazole rings is 1. The Kier molecular flexibility index (Phi) is 4.13. The molecule has 23 heavy (non-hydrogen) atoms. The van der Waals surface area contributed by atoms with Gasteiger partial charge in [-0.1, -0.05) is 29.0 Å². The third kappa shape index (κ3) is 3.40. The first kappa shape index (κ1) is 15.6. The fourth-order valence-corrected chi connectivity index (χ4v) is 3.67. The van der Waals surface area contributed by atoms with Gasteiger partial charge in [0.1, 0.15) is 5.82 Å². The Hall–Kier alpha value is -2.27. The fraction of sp³-hybridized carbons (Fsp3) is 0.222. The van der Waals surface area contributed by atoms with Crippen molar-refractivity contribution in [2.24, 2.45) is 0 Å². The topological polar surface area (TPSA) is 42.0 Å². The van der Waals surface area contributed by atoms with Crippen molar-refractivity contribution in [1.82, 2.24) is 4.98 Å². The van der Waals surface area contributed by atoms with E-state index < -0.39 is 0 Å². The number of nitrogens with zero attached hydrogens (tertiary/aromatic N) is 1. The first-order valence-electron chi connectivity index (χ1n) is 7.35. The highest BCUT2D eigenvalue weighted by molar-refractivity contribution is 7.22. The van der Waals surface area contributed by atoms with Crippen LogP contribution < -0.4 is 5.32 Å². The number of aromatic nitrogens is 1. The van der Waals surface area contributed by atoms with E-state index in [1.807, 2.05) is 20.8 Å². The Balaban J connectivity index is 1.78. The Morgan fingerprint density at radius 3 is 2.57 bits per heavy atom. The number of halogens is 1. The van der Waals surface area contributed by atoms with Crippen LogP contribution in [0.2, 0.25) is 0 Å². The third-order valence-electron chi connectivity index (χ3n) is 3.77. The zero-order valence-corrected chi connectivity index (χ0v) is 14.1. The van der Waals surface area contributed by atoms with Gasteiger partial charge in [-0.05, 0) is 55.7 Å². The summed E-state index contributed by atoms with van der Waals surface area (Å²) in [6, 6.07) is 8.57. The van der Waals surface area contributed by atoms with Crippen LogP contribution in [0.25, 0.3) is 10.2 Å². The Bertz CT molecular complexity index is 878. The van der Waals surface area contributed by atoms with E-state index in [0.717, 1.165) is 21.4 Å². The van der Waals surface area contributed by atoms with Crippen LogP contribution >= 0.6 is 11.3 Å². The zero-order chi connectivity index (χ0) is 16.6. The predicted molar refractivity (Wildman–Crippen MR) is 92.6 cm³/mol. The lowest BCUT2D eigenvalue weighted by molar-refractivity contribution is -0.115. The van der Waals surface area contributed by atoms with E-state index in [2.05, 4.69) is 22.4 Å². The van der Waals surface area contributed by atoms with Crippen LogP contribution in [0.1, 0.15) is 22.3 Å². The number of rotatable bonds is 3. The van der Waals surface area contributed by atoms with Gasteiger partial charge in [0.15, 0.2) is 5.13 Å². The molecule has 5 heteroatoms. The molecule has 1 aromatic heterocycles. The van der Waals surface area contributed by atoms with Gasteiger partial charge in [0, 0.05) is 0 Å². The van der Waals surface area contributed by atoms with Crippen molar-refractivity contribution < 1.29 is 9.18 Å². The number of hydrogen-bond acceptors (Lipinski definition) is 3. The van der Waals surface area contributed by atoms with Crippen LogP contribution in [0.3, 0.4) is 0 Å². The van der Waals surface area contributed by atoms with Gasteiger partial charge in [-0.3, -0.25) is 4.79 Å². The average molecular weight is 328 g/mol. The molecule has 1 amide bonds. The number of nitrogens with one attached hydrogen (secondary N) is 1. The van der Waals surface area contributed by atoms with Gasteiger partial charge in [0.05, 0.1) is 16.6 Å². The highest BCUT2D eigenvalue weighted by Gasteiger charge is 2.12. The predicted octanol–water partition coefficient (Wildman–Crippen LogP) is 4.54. The normalized spacial score (nSPS) is 11.0. The van der Waals surface area contributed by atoms with E-state index in [-0.39, 0.29) is 11.7 Å².